The van der Waals surface area contributed by atoms with Crippen molar-refractivity contribution in [1.29, 1.82) is 0 Å². The maximum Gasteiger partial charge on any atom is 0.152 e. The quantitative estimate of drug-likeness (QED) is 0.498. The van der Waals surface area contributed by atoms with Crippen LogP contribution in [-0.4, -0.2) is 33.6 Å². The van der Waals surface area contributed by atoms with E-state index in [-0.39, 0.29) is 0 Å². The van der Waals surface area contributed by atoms with Crippen molar-refractivity contribution in [1.82, 2.24) is 14.5 Å². The van der Waals surface area contributed by atoms with Gasteiger partial charge >= 0.3 is 0 Å². The summed E-state index contributed by atoms with van der Waals surface area (Å²) in [6.45, 7) is 4.22. The van der Waals surface area contributed by atoms with Crippen molar-refractivity contribution in [2.75, 3.05) is 24.8 Å². The van der Waals surface area contributed by atoms with Crippen LogP contribution < -0.4 is 5.73 Å². The van der Waals surface area contributed by atoms with Crippen LogP contribution in [-0.2, 0) is 17.7 Å². The number of para-hydroxylation sites is 1. The number of aromatic nitrogens is 3. The summed E-state index contributed by atoms with van der Waals surface area (Å²) in [4.78, 5) is 9.26. The number of halogens is 1. The number of anilines is 1. The summed E-state index contributed by atoms with van der Waals surface area (Å²) in [6.07, 6.45) is 2.81. The molecule has 2 aromatic heterocycles. The van der Waals surface area contributed by atoms with Crippen LogP contribution in [0.3, 0.4) is 0 Å². The summed E-state index contributed by atoms with van der Waals surface area (Å²) in [7, 11) is 0. The molecule has 0 saturated heterocycles. The summed E-state index contributed by atoms with van der Waals surface area (Å²) in [5.74, 6) is 2.16. The fourth-order valence-electron chi connectivity index (χ4n) is 2.97. The number of fused-ring (bicyclic) bond motifs is 3. The highest BCUT2D eigenvalue weighted by atomic mass is 35.5. The number of hydrogen-bond donors (Lipinski definition) is 1. The molecule has 3 rings (SSSR count). The average molecular weight is 347 g/mol. The second-order valence-corrected chi connectivity index (χ2v) is 6.17. The third-order valence-corrected chi connectivity index (χ3v) is 4.31. The fourth-order valence-corrected chi connectivity index (χ4v) is 3.08. The number of rotatable bonds is 8. The summed E-state index contributed by atoms with van der Waals surface area (Å²) in [6, 6.07) is 8.06. The lowest BCUT2D eigenvalue weighted by Crippen LogP contribution is -2.10. The second-order valence-electron chi connectivity index (χ2n) is 5.80. The van der Waals surface area contributed by atoms with Gasteiger partial charge in [-0.05, 0) is 18.9 Å². The molecule has 0 aliphatic rings. The Morgan fingerprint density at radius 2 is 2.04 bits per heavy atom. The predicted molar refractivity (Wildman–Crippen MR) is 99.6 cm³/mol. The number of nitrogens with zero attached hydrogens (tertiary/aromatic N) is 3. The minimum Gasteiger partial charge on any atom is -0.382 e. The van der Waals surface area contributed by atoms with Gasteiger partial charge in [0.2, 0.25) is 0 Å². The highest BCUT2D eigenvalue weighted by Gasteiger charge is 2.16. The SMILES string of the molecule is CCCc1nc2c(N)nc3ccccc3c2n1CCOCCCCl. The summed E-state index contributed by atoms with van der Waals surface area (Å²) >= 11 is 5.69. The predicted octanol–water partition coefficient (Wildman–Crippen LogP) is 3.76. The van der Waals surface area contributed by atoms with Crippen molar-refractivity contribution in [2.45, 2.75) is 32.7 Å². The first-order chi connectivity index (χ1) is 11.8. The minimum absolute atomic E-state index is 0.489. The third-order valence-electron chi connectivity index (χ3n) is 4.04. The Kier molecular flexibility index (Phi) is 5.53. The van der Waals surface area contributed by atoms with Crippen LogP contribution in [0.15, 0.2) is 24.3 Å². The molecule has 2 heterocycles. The van der Waals surface area contributed by atoms with E-state index in [9.17, 15) is 0 Å². The number of nitrogens with two attached hydrogens (primary N) is 1. The minimum atomic E-state index is 0.489. The van der Waals surface area contributed by atoms with Crippen LogP contribution in [0.5, 0.6) is 0 Å². The van der Waals surface area contributed by atoms with Crippen molar-refractivity contribution in [3.63, 3.8) is 0 Å². The molecule has 0 bridgehead atoms. The number of benzene rings is 1. The zero-order valence-electron chi connectivity index (χ0n) is 14.0. The maximum atomic E-state index is 6.16. The standard InChI is InChI=1S/C18H23ClN4O/c1-2-6-15-22-16-17(23(15)10-12-24-11-5-9-19)13-7-3-4-8-14(13)21-18(16)20/h3-4,7-8H,2,5-6,9-12H2,1H3,(H2,20,21). The molecule has 0 aliphatic heterocycles. The van der Waals surface area contributed by atoms with Gasteiger partial charge in [-0.2, -0.15) is 0 Å². The van der Waals surface area contributed by atoms with E-state index in [1.165, 1.54) is 0 Å². The van der Waals surface area contributed by atoms with Gasteiger partial charge in [-0.3, -0.25) is 0 Å². The van der Waals surface area contributed by atoms with E-state index in [1.54, 1.807) is 0 Å². The molecular weight excluding hydrogens is 324 g/mol. The number of hydrogen-bond acceptors (Lipinski definition) is 4. The lowest BCUT2D eigenvalue weighted by molar-refractivity contribution is 0.127. The van der Waals surface area contributed by atoms with Gasteiger partial charge in [-0.25, -0.2) is 9.97 Å². The molecule has 0 atom stereocenters. The molecule has 0 fully saturated rings. The molecule has 0 unspecified atom stereocenters. The molecule has 1 aromatic carbocycles. The zero-order valence-corrected chi connectivity index (χ0v) is 14.7. The van der Waals surface area contributed by atoms with Gasteiger partial charge in [0, 0.05) is 30.8 Å². The van der Waals surface area contributed by atoms with Gasteiger partial charge in [-0.1, -0.05) is 25.1 Å². The lowest BCUT2D eigenvalue weighted by Gasteiger charge is -2.11. The molecule has 24 heavy (non-hydrogen) atoms. The number of pyridine rings is 1. The Morgan fingerprint density at radius 1 is 1.21 bits per heavy atom. The van der Waals surface area contributed by atoms with E-state index in [1.807, 2.05) is 18.2 Å². The Morgan fingerprint density at radius 3 is 2.83 bits per heavy atom. The Bertz CT molecular complexity index is 831. The topological polar surface area (TPSA) is 66.0 Å². The van der Waals surface area contributed by atoms with Gasteiger partial charge < -0.3 is 15.0 Å². The van der Waals surface area contributed by atoms with E-state index in [4.69, 9.17) is 27.1 Å². The van der Waals surface area contributed by atoms with Crippen LogP contribution in [0.1, 0.15) is 25.6 Å². The van der Waals surface area contributed by atoms with Gasteiger partial charge in [0.25, 0.3) is 0 Å². The van der Waals surface area contributed by atoms with Crippen molar-refractivity contribution < 1.29 is 4.74 Å². The molecule has 0 amide bonds. The first-order valence-electron chi connectivity index (χ1n) is 8.43. The third kappa shape index (κ3) is 3.32. The van der Waals surface area contributed by atoms with E-state index in [0.717, 1.165) is 53.6 Å². The van der Waals surface area contributed by atoms with Crippen molar-refractivity contribution in [3.05, 3.63) is 30.1 Å². The van der Waals surface area contributed by atoms with Crippen molar-refractivity contribution >= 4 is 39.4 Å². The van der Waals surface area contributed by atoms with Gasteiger partial charge in [0.15, 0.2) is 5.82 Å². The number of nitrogen functional groups attached to an aromatic ring is 1. The molecule has 2 N–H and O–H groups in total. The molecule has 0 spiro atoms. The molecule has 0 radical (unpaired) electrons. The summed E-state index contributed by atoms with van der Waals surface area (Å²) in [5, 5.41) is 1.08. The highest BCUT2D eigenvalue weighted by Crippen LogP contribution is 2.29. The fraction of sp³-hybridized carbons (Fsp3) is 0.444. The second kappa shape index (κ2) is 7.81. The average Bonchev–Trinajstić information content (AvgIpc) is 2.95. The first-order valence-corrected chi connectivity index (χ1v) is 8.96. The summed E-state index contributed by atoms with van der Waals surface area (Å²) in [5.41, 5.74) is 8.91. The van der Waals surface area contributed by atoms with E-state index in [2.05, 4.69) is 22.5 Å². The molecule has 6 heteroatoms. The van der Waals surface area contributed by atoms with Crippen LogP contribution >= 0.6 is 11.6 Å². The summed E-state index contributed by atoms with van der Waals surface area (Å²) < 4.78 is 7.93. The Hall–Kier alpha value is -1.85. The number of alkyl halides is 1. The van der Waals surface area contributed by atoms with E-state index >= 15 is 0 Å². The molecule has 0 aliphatic carbocycles. The van der Waals surface area contributed by atoms with Crippen LogP contribution in [0.25, 0.3) is 21.9 Å². The van der Waals surface area contributed by atoms with E-state index in [0.29, 0.717) is 24.9 Å². The number of aryl methyl sites for hydroxylation is 1. The normalized spacial score (nSPS) is 11.6. The van der Waals surface area contributed by atoms with Crippen LogP contribution in [0.4, 0.5) is 5.82 Å². The van der Waals surface area contributed by atoms with Gasteiger partial charge in [0.05, 0.1) is 17.6 Å². The van der Waals surface area contributed by atoms with Gasteiger partial charge in [-0.15, -0.1) is 11.6 Å². The van der Waals surface area contributed by atoms with Crippen molar-refractivity contribution in [3.8, 4) is 0 Å². The maximum absolute atomic E-state index is 6.16. The Labute approximate surface area is 146 Å². The Balaban J connectivity index is 2.04. The lowest BCUT2D eigenvalue weighted by atomic mass is 10.2. The smallest absolute Gasteiger partial charge is 0.152 e. The number of imidazole rings is 1. The zero-order chi connectivity index (χ0) is 16.9. The first kappa shape index (κ1) is 17.0. The molecule has 128 valence electrons. The monoisotopic (exact) mass is 346 g/mol. The van der Waals surface area contributed by atoms with Crippen LogP contribution in [0.2, 0.25) is 0 Å². The largest absolute Gasteiger partial charge is 0.382 e. The van der Waals surface area contributed by atoms with Crippen LogP contribution in [0, 0.1) is 0 Å². The molecule has 5 nitrogen and oxygen atoms in total. The molecular formula is C18H23ClN4O. The molecule has 3 aromatic rings. The van der Waals surface area contributed by atoms with E-state index < -0.39 is 0 Å². The highest BCUT2D eigenvalue weighted by molar-refractivity contribution is 6.17. The number of ether oxygens (including phenoxy) is 1. The van der Waals surface area contributed by atoms with Crippen molar-refractivity contribution in [2.24, 2.45) is 0 Å². The molecule has 0 saturated carbocycles. The van der Waals surface area contributed by atoms with Gasteiger partial charge in [0.1, 0.15) is 11.3 Å².